The van der Waals surface area contributed by atoms with Crippen molar-refractivity contribution in [2.45, 2.75) is 89.1 Å². The van der Waals surface area contributed by atoms with Crippen molar-refractivity contribution in [3.05, 3.63) is 30.3 Å². The second-order valence-corrected chi connectivity index (χ2v) is 11.3. The smallest absolute Gasteiger partial charge is 0.257 e. The molecule has 7 rings (SSSR count). The Bertz CT molecular complexity index is 885. The SMILES string of the molecule is O=C1CC(N(C(=O)C23CC4CC(CC(C4)C2)C3)C2CCCCC2)C(=O)N1c1ccccc1. The minimum absolute atomic E-state index is 0.0988. The number of carbonyl (C=O) groups is 3. The lowest BCUT2D eigenvalue weighted by Gasteiger charge is -2.57. The molecule has 32 heavy (non-hydrogen) atoms. The van der Waals surface area contributed by atoms with Gasteiger partial charge in [0, 0.05) is 6.04 Å². The summed E-state index contributed by atoms with van der Waals surface area (Å²) in [4.78, 5) is 44.4. The van der Waals surface area contributed by atoms with Crippen LogP contribution in [0.2, 0.25) is 0 Å². The Balaban J connectivity index is 1.34. The van der Waals surface area contributed by atoms with Crippen molar-refractivity contribution in [2.75, 3.05) is 4.90 Å². The predicted molar refractivity (Wildman–Crippen MR) is 122 cm³/mol. The Kier molecular flexibility index (Phi) is 4.92. The van der Waals surface area contributed by atoms with E-state index in [1.54, 1.807) is 0 Å². The van der Waals surface area contributed by atoms with Crippen LogP contribution in [0.4, 0.5) is 5.69 Å². The lowest BCUT2D eigenvalue weighted by Crippen LogP contribution is -2.60. The molecule has 0 spiro atoms. The van der Waals surface area contributed by atoms with Gasteiger partial charge in [0.05, 0.1) is 17.5 Å². The average Bonchev–Trinajstić information content (AvgIpc) is 3.08. The maximum absolute atomic E-state index is 14.4. The summed E-state index contributed by atoms with van der Waals surface area (Å²) >= 11 is 0. The number of amides is 3. The summed E-state index contributed by atoms with van der Waals surface area (Å²) in [6.45, 7) is 0. The highest BCUT2D eigenvalue weighted by molar-refractivity contribution is 6.23. The molecule has 5 heteroatoms. The first kappa shape index (κ1) is 20.4. The number of hydrogen-bond acceptors (Lipinski definition) is 3. The third kappa shape index (κ3) is 3.22. The maximum Gasteiger partial charge on any atom is 0.257 e. The van der Waals surface area contributed by atoms with Crippen molar-refractivity contribution in [3.8, 4) is 0 Å². The summed E-state index contributed by atoms with van der Waals surface area (Å²) in [5.41, 5.74) is 0.339. The molecule has 1 aromatic carbocycles. The summed E-state index contributed by atoms with van der Waals surface area (Å²) in [6, 6.07) is 8.67. The summed E-state index contributed by atoms with van der Waals surface area (Å²) < 4.78 is 0. The summed E-state index contributed by atoms with van der Waals surface area (Å²) in [5.74, 6) is 1.88. The van der Waals surface area contributed by atoms with Crippen molar-refractivity contribution in [1.82, 2.24) is 4.90 Å². The van der Waals surface area contributed by atoms with E-state index in [0.717, 1.165) is 44.9 Å². The third-order valence-corrected chi connectivity index (χ3v) is 9.17. The molecule has 5 nitrogen and oxygen atoms in total. The number of carbonyl (C=O) groups excluding carboxylic acids is 3. The first-order valence-corrected chi connectivity index (χ1v) is 12.8. The normalized spacial score (nSPS) is 36.7. The summed E-state index contributed by atoms with van der Waals surface area (Å²) in [6.07, 6.45) is 12.3. The lowest BCUT2D eigenvalue weighted by atomic mass is 9.49. The number of rotatable bonds is 4. The molecule has 6 aliphatic rings. The van der Waals surface area contributed by atoms with Crippen LogP contribution in [0.25, 0.3) is 0 Å². The van der Waals surface area contributed by atoms with E-state index in [1.165, 1.54) is 30.6 Å². The first-order valence-electron chi connectivity index (χ1n) is 12.8. The second-order valence-electron chi connectivity index (χ2n) is 11.3. The lowest BCUT2D eigenvalue weighted by molar-refractivity contribution is -0.165. The van der Waals surface area contributed by atoms with Gasteiger partial charge in [0.15, 0.2) is 0 Å². The van der Waals surface area contributed by atoms with Crippen LogP contribution in [0.1, 0.15) is 77.0 Å². The molecule has 5 aliphatic carbocycles. The third-order valence-electron chi connectivity index (χ3n) is 9.17. The van der Waals surface area contributed by atoms with Gasteiger partial charge in [-0.05, 0) is 81.3 Å². The average molecular weight is 435 g/mol. The van der Waals surface area contributed by atoms with E-state index in [4.69, 9.17) is 0 Å². The van der Waals surface area contributed by atoms with Gasteiger partial charge in [-0.25, -0.2) is 4.90 Å². The molecule has 1 aromatic rings. The molecule has 1 unspecified atom stereocenters. The zero-order valence-electron chi connectivity index (χ0n) is 18.9. The highest BCUT2D eigenvalue weighted by Crippen LogP contribution is 2.61. The molecule has 0 N–H and O–H groups in total. The van der Waals surface area contributed by atoms with Gasteiger partial charge in [-0.1, -0.05) is 37.5 Å². The number of nitrogens with zero attached hydrogens (tertiary/aromatic N) is 2. The van der Waals surface area contributed by atoms with E-state index in [2.05, 4.69) is 0 Å². The molecule has 0 aromatic heterocycles. The molecular formula is C27H34N2O3. The zero-order chi connectivity index (χ0) is 21.9. The number of benzene rings is 1. The fourth-order valence-corrected chi connectivity index (χ4v) is 8.25. The molecule has 3 amide bonds. The van der Waals surface area contributed by atoms with Crippen molar-refractivity contribution in [2.24, 2.45) is 23.2 Å². The predicted octanol–water partition coefficient (Wildman–Crippen LogP) is 4.70. The van der Waals surface area contributed by atoms with Crippen LogP contribution in [0, 0.1) is 23.2 Å². The Morgan fingerprint density at radius 3 is 2.06 bits per heavy atom. The van der Waals surface area contributed by atoms with Crippen LogP contribution in [-0.2, 0) is 14.4 Å². The number of imide groups is 1. The van der Waals surface area contributed by atoms with E-state index < -0.39 is 6.04 Å². The van der Waals surface area contributed by atoms with Gasteiger partial charge >= 0.3 is 0 Å². The molecule has 1 aliphatic heterocycles. The Morgan fingerprint density at radius 2 is 1.47 bits per heavy atom. The van der Waals surface area contributed by atoms with Crippen molar-refractivity contribution in [3.63, 3.8) is 0 Å². The molecular weight excluding hydrogens is 400 g/mol. The monoisotopic (exact) mass is 434 g/mol. The largest absolute Gasteiger partial charge is 0.327 e. The van der Waals surface area contributed by atoms with Crippen LogP contribution in [0.5, 0.6) is 0 Å². The van der Waals surface area contributed by atoms with Gasteiger partial charge < -0.3 is 4.90 Å². The molecule has 1 atom stereocenters. The number of hydrogen-bond donors (Lipinski definition) is 0. The minimum Gasteiger partial charge on any atom is -0.327 e. The van der Waals surface area contributed by atoms with E-state index in [1.807, 2.05) is 35.2 Å². The molecule has 0 radical (unpaired) electrons. The second kappa shape index (κ2) is 7.71. The van der Waals surface area contributed by atoms with Crippen molar-refractivity contribution in [1.29, 1.82) is 0 Å². The van der Waals surface area contributed by atoms with Crippen LogP contribution in [0.3, 0.4) is 0 Å². The van der Waals surface area contributed by atoms with Gasteiger partial charge in [-0.2, -0.15) is 0 Å². The highest BCUT2D eigenvalue weighted by Gasteiger charge is 2.58. The fraction of sp³-hybridized carbons (Fsp3) is 0.667. The minimum atomic E-state index is -0.633. The van der Waals surface area contributed by atoms with Crippen LogP contribution in [0.15, 0.2) is 30.3 Å². The molecule has 5 saturated carbocycles. The van der Waals surface area contributed by atoms with E-state index in [0.29, 0.717) is 23.4 Å². The molecule has 4 bridgehead atoms. The number of para-hydroxylation sites is 1. The summed E-state index contributed by atoms with van der Waals surface area (Å²) in [5, 5.41) is 0. The quantitative estimate of drug-likeness (QED) is 0.646. The Hall–Kier alpha value is -2.17. The van der Waals surface area contributed by atoms with Crippen LogP contribution < -0.4 is 4.90 Å². The van der Waals surface area contributed by atoms with Crippen molar-refractivity contribution < 1.29 is 14.4 Å². The summed E-state index contributed by atoms with van der Waals surface area (Å²) in [7, 11) is 0. The Morgan fingerprint density at radius 1 is 0.875 bits per heavy atom. The van der Waals surface area contributed by atoms with Crippen LogP contribution in [-0.4, -0.2) is 34.7 Å². The van der Waals surface area contributed by atoms with Crippen molar-refractivity contribution >= 4 is 23.4 Å². The van der Waals surface area contributed by atoms with Gasteiger partial charge in [-0.3, -0.25) is 14.4 Å². The van der Waals surface area contributed by atoms with E-state index in [9.17, 15) is 14.4 Å². The highest BCUT2D eigenvalue weighted by atomic mass is 16.2. The molecule has 170 valence electrons. The zero-order valence-corrected chi connectivity index (χ0v) is 18.9. The van der Waals surface area contributed by atoms with E-state index >= 15 is 0 Å². The maximum atomic E-state index is 14.4. The molecule has 1 heterocycles. The molecule has 1 saturated heterocycles. The Labute approximate surface area is 190 Å². The standard InChI is InChI=1S/C27H34N2O3/c30-24-14-23(25(31)29(24)22-9-5-2-6-10-22)28(21-7-3-1-4-8-21)26(32)27-15-18-11-19(16-27)13-20(12-18)17-27/h2,5-6,9-10,18-21,23H,1,3-4,7-8,11-17H2. The van der Waals surface area contributed by atoms with Crippen LogP contribution >= 0.6 is 0 Å². The topological polar surface area (TPSA) is 57.7 Å². The molecule has 6 fully saturated rings. The number of anilines is 1. The van der Waals surface area contributed by atoms with Gasteiger partial charge in [0.2, 0.25) is 11.8 Å². The fourth-order valence-electron chi connectivity index (χ4n) is 8.25. The first-order chi connectivity index (χ1) is 15.5. The van der Waals surface area contributed by atoms with E-state index in [-0.39, 0.29) is 35.6 Å². The van der Waals surface area contributed by atoms with Gasteiger partial charge in [0.25, 0.3) is 5.91 Å². The van der Waals surface area contributed by atoms with Gasteiger partial charge in [0.1, 0.15) is 6.04 Å². The van der Waals surface area contributed by atoms with Gasteiger partial charge in [-0.15, -0.1) is 0 Å².